The number of nitrogens with zero attached hydrogens (tertiary/aromatic N) is 2. The maximum atomic E-state index is 12.6. The monoisotopic (exact) mass is 321 g/mol. The van der Waals surface area contributed by atoms with E-state index in [4.69, 9.17) is 11.6 Å². The highest BCUT2D eigenvalue weighted by atomic mass is 35.5. The molecule has 0 aromatic carbocycles. The van der Waals surface area contributed by atoms with Gasteiger partial charge in [-0.05, 0) is 32.0 Å². The van der Waals surface area contributed by atoms with Crippen LogP contribution in [0.1, 0.15) is 13.3 Å². The number of nitrogens with one attached hydrogen (secondary N) is 1. The maximum absolute atomic E-state index is 12.6. The lowest BCUT2D eigenvalue weighted by Gasteiger charge is -2.23. The fourth-order valence-corrected chi connectivity index (χ4v) is 2.36. The zero-order valence-corrected chi connectivity index (χ0v) is 12.1. The lowest BCUT2D eigenvalue weighted by Crippen LogP contribution is -2.41. The highest BCUT2D eigenvalue weighted by Crippen LogP contribution is 2.34. The van der Waals surface area contributed by atoms with Gasteiger partial charge in [-0.15, -0.1) is 0 Å². The van der Waals surface area contributed by atoms with Crippen LogP contribution in [0.25, 0.3) is 0 Å². The van der Waals surface area contributed by atoms with E-state index in [1.54, 1.807) is 13.0 Å². The summed E-state index contributed by atoms with van der Waals surface area (Å²) >= 11 is 5.68. The molecular weight excluding hydrogens is 307 g/mol. The van der Waals surface area contributed by atoms with Gasteiger partial charge in [-0.2, -0.15) is 13.2 Å². The van der Waals surface area contributed by atoms with Crippen LogP contribution in [0, 0.1) is 5.92 Å². The molecule has 1 aromatic heterocycles. The number of anilines is 1. The molecule has 2 rings (SSSR count). The SMILES string of the molecule is CC(C(=O)Nc1ccc(Cl)cn1)N1CCC(C(F)(F)F)C1. The van der Waals surface area contributed by atoms with Crippen molar-refractivity contribution in [1.29, 1.82) is 0 Å². The molecule has 2 heterocycles. The zero-order valence-electron chi connectivity index (χ0n) is 11.3. The second-order valence-corrected chi connectivity index (χ2v) is 5.49. The maximum Gasteiger partial charge on any atom is 0.393 e. The molecule has 0 aliphatic carbocycles. The molecule has 116 valence electrons. The first kappa shape index (κ1) is 16.0. The van der Waals surface area contributed by atoms with E-state index < -0.39 is 18.1 Å². The van der Waals surface area contributed by atoms with Crippen LogP contribution in [0.2, 0.25) is 5.02 Å². The van der Waals surface area contributed by atoms with E-state index in [9.17, 15) is 18.0 Å². The summed E-state index contributed by atoms with van der Waals surface area (Å²) in [7, 11) is 0. The number of pyridine rings is 1. The van der Waals surface area contributed by atoms with Gasteiger partial charge in [0, 0.05) is 12.7 Å². The molecule has 4 nitrogen and oxygen atoms in total. The van der Waals surface area contributed by atoms with Gasteiger partial charge in [0.05, 0.1) is 17.0 Å². The Morgan fingerprint density at radius 1 is 1.52 bits per heavy atom. The van der Waals surface area contributed by atoms with Crippen molar-refractivity contribution in [2.75, 3.05) is 18.4 Å². The molecule has 1 N–H and O–H groups in total. The standard InChI is InChI=1S/C13H15ClF3N3O/c1-8(20-5-4-9(7-20)13(15,16)17)12(21)19-11-3-2-10(14)6-18-11/h2-3,6,8-9H,4-5,7H2,1H3,(H,18,19,21). The van der Waals surface area contributed by atoms with Crippen LogP contribution in [0.15, 0.2) is 18.3 Å². The lowest BCUT2D eigenvalue weighted by atomic mass is 10.1. The predicted molar refractivity (Wildman–Crippen MR) is 73.1 cm³/mol. The van der Waals surface area contributed by atoms with Crippen molar-refractivity contribution >= 4 is 23.3 Å². The molecule has 2 atom stereocenters. The van der Waals surface area contributed by atoms with Gasteiger partial charge in [-0.1, -0.05) is 11.6 Å². The lowest BCUT2D eigenvalue weighted by molar-refractivity contribution is -0.171. The number of rotatable bonds is 3. The van der Waals surface area contributed by atoms with Gasteiger partial charge in [0.15, 0.2) is 0 Å². The first-order valence-electron chi connectivity index (χ1n) is 6.50. The highest BCUT2D eigenvalue weighted by molar-refractivity contribution is 6.30. The summed E-state index contributed by atoms with van der Waals surface area (Å²) in [6, 6.07) is 2.47. The summed E-state index contributed by atoms with van der Waals surface area (Å²) in [6.45, 7) is 1.70. The van der Waals surface area contributed by atoms with Gasteiger partial charge in [0.2, 0.25) is 5.91 Å². The zero-order chi connectivity index (χ0) is 15.6. The largest absolute Gasteiger partial charge is 0.393 e. The molecule has 1 aromatic rings. The number of hydrogen-bond donors (Lipinski definition) is 1. The van der Waals surface area contributed by atoms with Crippen molar-refractivity contribution in [3.8, 4) is 0 Å². The van der Waals surface area contributed by atoms with Gasteiger partial charge >= 0.3 is 6.18 Å². The van der Waals surface area contributed by atoms with Crippen molar-refractivity contribution in [3.63, 3.8) is 0 Å². The number of carbonyl (C=O) groups excluding carboxylic acids is 1. The van der Waals surface area contributed by atoms with Crippen LogP contribution in [-0.2, 0) is 4.79 Å². The molecule has 0 radical (unpaired) electrons. The molecular formula is C13H15ClF3N3O. The van der Waals surface area contributed by atoms with Crippen LogP contribution in [-0.4, -0.2) is 41.1 Å². The smallest absolute Gasteiger partial charge is 0.309 e. The molecule has 1 saturated heterocycles. The topological polar surface area (TPSA) is 45.2 Å². The van der Waals surface area contributed by atoms with Gasteiger partial charge in [0.25, 0.3) is 0 Å². The van der Waals surface area contributed by atoms with Crippen molar-refractivity contribution in [3.05, 3.63) is 23.4 Å². The molecule has 8 heteroatoms. The Bertz CT molecular complexity index is 506. The number of hydrogen-bond acceptors (Lipinski definition) is 3. The van der Waals surface area contributed by atoms with Gasteiger partial charge in [-0.25, -0.2) is 4.98 Å². The van der Waals surface area contributed by atoms with E-state index in [1.165, 1.54) is 17.2 Å². The average molecular weight is 322 g/mol. The van der Waals surface area contributed by atoms with Crippen molar-refractivity contribution in [2.45, 2.75) is 25.6 Å². The van der Waals surface area contributed by atoms with Crippen LogP contribution in [0.3, 0.4) is 0 Å². The minimum absolute atomic E-state index is 0.0281. The first-order chi connectivity index (χ1) is 9.77. The van der Waals surface area contributed by atoms with Crippen molar-refractivity contribution < 1.29 is 18.0 Å². The van der Waals surface area contributed by atoms with E-state index in [0.29, 0.717) is 10.8 Å². The summed E-state index contributed by atoms with van der Waals surface area (Å²) in [4.78, 5) is 17.5. The number of alkyl halides is 3. The van der Waals surface area contributed by atoms with E-state index in [1.807, 2.05) is 0 Å². The highest BCUT2D eigenvalue weighted by Gasteiger charge is 2.45. The molecule has 1 fully saturated rings. The Morgan fingerprint density at radius 2 is 2.24 bits per heavy atom. The molecule has 0 saturated carbocycles. The Labute approximate surface area is 125 Å². The Balaban J connectivity index is 1.93. The Hall–Kier alpha value is -1.34. The number of likely N-dealkylation sites (tertiary alicyclic amines) is 1. The summed E-state index contributed by atoms with van der Waals surface area (Å²) in [6.07, 6.45) is -2.79. The second kappa shape index (κ2) is 6.19. The molecule has 21 heavy (non-hydrogen) atoms. The minimum atomic E-state index is -4.21. The van der Waals surface area contributed by atoms with E-state index in [2.05, 4.69) is 10.3 Å². The first-order valence-corrected chi connectivity index (χ1v) is 6.88. The van der Waals surface area contributed by atoms with Crippen LogP contribution in [0.4, 0.5) is 19.0 Å². The minimum Gasteiger partial charge on any atom is -0.309 e. The molecule has 0 spiro atoms. The summed E-state index contributed by atoms with van der Waals surface area (Å²) in [5.74, 6) is -1.42. The summed E-state index contributed by atoms with van der Waals surface area (Å²) in [5, 5.41) is 3.01. The van der Waals surface area contributed by atoms with Gasteiger partial charge in [0.1, 0.15) is 5.82 Å². The Morgan fingerprint density at radius 3 is 2.76 bits per heavy atom. The molecule has 2 unspecified atom stereocenters. The summed E-state index contributed by atoms with van der Waals surface area (Å²) < 4.78 is 37.9. The number of halogens is 4. The summed E-state index contributed by atoms with van der Waals surface area (Å²) in [5.41, 5.74) is 0. The van der Waals surface area contributed by atoms with Crippen molar-refractivity contribution in [2.24, 2.45) is 5.92 Å². The normalized spacial score (nSPS) is 21.3. The van der Waals surface area contributed by atoms with E-state index in [0.717, 1.165) is 0 Å². The van der Waals surface area contributed by atoms with Crippen LogP contribution < -0.4 is 5.32 Å². The van der Waals surface area contributed by atoms with E-state index in [-0.39, 0.29) is 25.4 Å². The average Bonchev–Trinajstić information content (AvgIpc) is 2.90. The van der Waals surface area contributed by atoms with Gasteiger partial charge in [-0.3, -0.25) is 9.69 Å². The predicted octanol–water partition coefficient (Wildman–Crippen LogP) is 2.95. The number of amides is 1. The molecule has 0 bridgehead atoms. The second-order valence-electron chi connectivity index (χ2n) is 5.05. The fraction of sp³-hybridized carbons (Fsp3) is 0.538. The molecule has 1 aliphatic rings. The van der Waals surface area contributed by atoms with Crippen LogP contribution in [0.5, 0.6) is 0 Å². The van der Waals surface area contributed by atoms with Crippen LogP contribution >= 0.6 is 11.6 Å². The molecule has 1 amide bonds. The van der Waals surface area contributed by atoms with Gasteiger partial charge < -0.3 is 5.32 Å². The third-order valence-corrected chi connectivity index (χ3v) is 3.81. The van der Waals surface area contributed by atoms with Crippen molar-refractivity contribution in [1.82, 2.24) is 9.88 Å². The quantitative estimate of drug-likeness (QED) is 0.931. The number of carbonyl (C=O) groups is 1. The third kappa shape index (κ3) is 4.07. The van der Waals surface area contributed by atoms with E-state index >= 15 is 0 Å². The number of aromatic nitrogens is 1. The Kier molecular flexibility index (Phi) is 4.73. The molecule has 1 aliphatic heterocycles. The fourth-order valence-electron chi connectivity index (χ4n) is 2.25. The third-order valence-electron chi connectivity index (χ3n) is 3.59.